The number of aliphatic hydroxyl groups is 1. The number of hydrogen-bond donors (Lipinski definition) is 1. The zero-order chi connectivity index (χ0) is 24.0. The third kappa shape index (κ3) is 6.87. The van der Waals surface area contributed by atoms with E-state index in [2.05, 4.69) is 17.0 Å². The standard InChI is InChI=1S/C27H35ClN2O4/c1-21-9-10-24(28)25(16-21)34-20-27(32)11-4-12-29(19-27)18-22-6-2-7-23(17-22)33-15-5-14-30-13-3-8-26(30)31/h2,6-7,9-10,16-17,32H,3-5,8,11-15,18-20H2,1H3/t27-/m0/s1. The van der Waals surface area contributed by atoms with Crippen molar-refractivity contribution in [2.24, 2.45) is 0 Å². The second-order valence-corrected chi connectivity index (χ2v) is 10.0. The lowest BCUT2D eigenvalue weighted by Gasteiger charge is -2.39. The van der Waals surface area contributed by atoms with Gasteiger partial charge in [-0.15, -0.1) is 0 Å². The number of benzene rings is 2. The van der Waals surface area contributed by atoms with E-state index in [0.717, 1.165) is 62.3 Å². The van der Waals surface area contributed by atoms with Crippen molar-refractivity contribution < 1.29 is 19.4 Å². The molecule has 2 aliphatic heterocycles. The Kier molecular flexibility index (Phi) is 8.35. The molecular formula is C27H35ClN2O4. The molecule has 0 aliphatic carbocycles. The van der Waals surface area contributed by atoms with E-state index in [9.17, 15) is 9.90 Å². The Morgan fingerprint density at radius 3 is 2.82 bits per heavy atom. The average molecular weight is 487 g/mol. The highest BCUT2D eigenvalue weighted by Gasteiger charge is 2.34. The summed E-state index contributed by atoms with van der Waals surface area (Å²) in [5.74, 6) is 1.72. The topological polar surface area (TPSA) is 62.2 Å². The highest BCUT2D eigenvalue weighted by atomic mass is 35.5. The zero-order valence-electron chi connectivity index (χ0n) is 20.0. The highest BCUT2D eigenvalue weighted by molar-refractivity contribution is 6.32. The largest absolute Gasteiger partial charge is 0.494 e. The van der Waals surface area contributed by atoms with E-state index in [0.29, 0.717) is 36.8 Å². The van der Waals surface area contributed by atoms with Gasteiger partial charge in [0.15, 0.2) is 0 Å². The molecule has 34 heavy (non-hydrogen) atoms. The van der Waals surface area contributed by atoms with Crippen molar-refractivity contribution in [1.82, 2.24) is 9.80 Å². The number of halogens is 1. The monoisotopic (exact) mass is 486 g/mol. The lowest BCUT2D eigenvalue weighted by Crippen LogP contribution is -2.51. The fraction of sp³-hybridized carbons (Fsp3) is 0.519. The minimum absolute atomic E-state index is 0.218. The molecule has 2 aliphatic rings. The van der Waals surface area contributed by atoms with Gasteiger partial charge in [0.2, 0.25) is 5.91 Å². The van der Waals surface area contributed by atoms with E-state index >= 15 is 0 Å². The lowest BCUT2D eigenvalue weighted by molar-refractivity contribution is -0.127. The molecule has 1 amide bonds. The van der Waals surface area contributed by atoms with Crippen LogP contribution in [0.15, 0.2) is 42.5 Å². The van der Waals surface area contributed by atoms with Crippen molar-refractivity contribution in [3.05, 3.63) is 58.6 Å². The molecule has 0 aromatic heterocycles. The molecular weight excluding hydrogens is 452 g/mol. The summed E-state index contributed by atoms with van der Waals surface area (Å²) in [6.07, 6.45) is 4.10. The number of carbonyl (C=O) groups is 1. The Bertz CT molecular complexity index is 985. The SMILES string of the molecule is Cc1ccc(Cl)c(OC[C@]2(O)CCCN(Cc3cccc(OCCCN4CCCC4=O)c3)C2)c1. The first-order valence-electron chi connectivity index (χ1n) is 12.2. The van der Waals surface area contributed by atoms with E-state index in [1.54, 1.807) is 0 Å². The predicted octanol–water partition coefficient (Wildman–Crippen LogP) is 4.45. The van der Waals surface area contributed by atoms with Crippen LogP contribution >= 0.6 is 11.6 Å². The first-order chi connectivity index (χ1) is 16.4. The van der Waals surface area contributed by atoms with E-state index in [4.69, 9.17) is 21.1 Å². The number of nitrogens with zero attached hydrogens (tertiary/aromatic N) is 2. The summed E-state index contributed by atoms with van der Waals surface area (Å²) in [5.41, 5.74) is 1.31. The summed E-state index contributed by atoms with van der Waals surface area (Å²) in [5, 5.41) is 11.7. The molecule has 1 N–H and O–H groups in total. The summed E-state index contributed by atoms with van der Waals surface area (Å²) in [6, 6.07) is 13.8. The number of β-amino-alcohol motifs (C(OH)–C–C–N with tert-alkyl or cyclic N) is 1. The normalized spacial score (nSPS) is 21.1. The quantitative estimate of drug-likeness (QED) is 0.503. The van der Waals surface area contributed by atoms with Gasteiger partial charge in [0.1, 0.15) is 23.7 Å². The van der Waals surface area contributed by atoms with E-state index in [1.165, 1.54) is 0 Å². The second-order valence-electron chi connectivity index (χ2n) is 9.59. The maximum atomic E-state index is 11.7. The third-order valence-corrected chi connectivity index (χ3v) is 6.85. The number of rotatable bonds is 10. The van der Waals surface area contributed by atoms with Crippen molar-refractivity contribution in [3.63, 3.8) is 0 Å². The first kappa shape index (κ1) is 24.8. The molecule has 2 saturated heterocycles. The van der Waals surface area contributed by atoms with Gasteiger partial charge in [-0.25, -0.2) is 0 Å². The van der Waals surface area contributed by atoms with Crippen molar-refractivity contribution in [1.29, 1.82) is 0 Å². The van der Waals surface area contributed by atoms with Gasteiger partial charge < -0.3 is 19.5 Å². The molecule has 0 saturated carbocycles. The third-order valence-electron chi connectivity index (χ3n) is 6.53. The summed E-state index contributed by atoms with van der Waals surface area (Å²) in [7, 11) is 0. The van der Waals surface area contributed by atoms with Crippen molar-refractivity contribution in [3.8, 4) is 11.5 Å². The van der Waals surface area contributed by atoms with Crippen molar-refractivity contribution in [2.75, 3.05) is 39.4 Å². The molecule has 1 atom stereocenters. The smallest absolute Gasteiger partial charge is 0.222 e. The summed E-state index contributed by atoms with van der Waals surface area (Å²) in [4.78, 5) is 15.9. The molecule has 2 aromatic carbocycles. The van der Waals surface area contributed by atoms with Crippen LogP contribution in [0.3, 0.4) is 0 Å². The Hall–Kier alpha value is -2.28. The molecule has 0 bridgehead atoms. The Labute approximate surface area is 207 Å². The highest BCUT2D eigenvalue weighted by Crippen LogP contribution is 2.29. The van der Waals surface area contributed by atoms with Gasteiger partial charge in [0, 0.05) is 32.6 Å². The van der Waals surface area contributed by atoms with Crippen LogP contribution in [0.5, 0.6) is 11.5 Å². The fourth-order valence-corrected chi connectivity index (χ4v) is 4.94. The van der Waals surface area contributed by atoms with Gasteiger partial charge in [0.25, 0.3) is 0 Å². The number of ether oxygens (including phenoxy) is 2. The molecule has 6 nitrogen and oxygen atoms in total. The number of piperidine rings is 1. The maximum Gasteiger partial charge on any atom is 0.222 e. The molecule has 7 heteroatoms. The Balaban J connectivity index is 1.26. The maximum absolute atomic E-state index is 11.7. The van der Waals surface area contributed by atoms with Gasteiger partial charge in [-0.3, -0.25) is 9.69 Å². The van der Waals surface area contributed by atoms with Crippen LogP contribution in [-0.4, -0.2) is 65.8 Å². The predicted molar refractivity (Wildman–Crippen MR) is 134 cm³/mol. The zero-order valence-corrected chi connectivity index (χ0v) is 20.7. The minimum atomic E-state index is -0.910. The number of likely N-dealkylation sites (tertiary alicyclic amines) is 2. The van der Waals surface area contributed by atoms with Gasteiger partial charge in [0.05, 0.1) is 11.6 Å². The molecule has 0 spiro atoms. The fourth-order valence-electron chi connectivity index (χ4n) is 4.77. The van der Waals surface area contributed by atoms with Crippen molar-refractivity contribution in [2.45, 2.75) is 51.2 Å². The Morgan fingerprint density at radius 2 is 2.00 bits per heavy atom. The summed E-state index contributed by atoms with van der Waals surface area (Å²) in [6.45, 7) is 6.67. The number of carbonyl (C=O) groups excluding carboxylic acids is 1. The lowest BCUT2D eigenvalue weighted by atomic mass is 9.93. The van der Waals surface area contributed by atoms with Crippen LogP contribution in [0.2, 0.25) is 5.02 Å². The molecule has 2 fully saturated rings. The second kappa shape index (κ2) is 11.4. The molecule has 0 unspecified atom stereocenters. The van der Waals surface area contributed by atoms with Crippen LogP contribution in [0, 0.1) is 6.92 Å². The molecule has 4 rings (SSSR count). The summed E-state index contributed by atoms with van der Waals surface area (Å²) >= 11 is 6.25. The number of hydrogen-bond acceptors (Lipinski definition) is 5. The van der Waals surface area contributed by atoms with E-state index in [-0.39, 0.29) is 12.5 Å². The van der Waals surface area contributed by atoms with Gasteiger partial charge in [-0.2, -0.15) is 0 Å². The minimum Gasteiger partial charge on any atom is -0.494 e. The molecule has 0 radical (unpaired) electrons. The Morgan fingerprint density at radius 1 is 1.12 bits per heavy atom. The number of aryl methyl sites for hydroxylation is 1. The summed E-state index contributed by atoms with van der Waals surface area (Å²) < 4.78 is 11.9. The van der Waals surface area contributed by atoms with Gasteiger partial charge in [-0.1, -0.05) is 29.8 Å². The van der Waals surface area contributed by atoms with Crippen LogP contribution < -0.4 is 9.47 Å². The van der Waals surface area contributed by atoms with Crippen LogP contribution in [-0.2, 0) is 11.3 Å². The van der Waals surface area contributed by atoms with Gasteiger partial charge in [-0.05, 0) is 74.5 Å². The van der Waals surface area contributed by atoms with E-state index in [1.807, 2.05) is 42.2 Å². The van der Waals surface area contributed by atoms with E-state index < -0.39 is 5.60 Å². The van der Waals surface area contributed by atoms with Crippen LogP contribution in [0.25, 0.3) is 0 Å². The molecule has 2 aromatic rings. The average Bonchev–Trinajstić information content (AvgIpc) is 3.22. The van der Waals surface area contributed by atoms with Crippen LogP contribution in [0.1, 0.15) is 43.2 Å². The molecule has 184 valence electrons. The molecule has 2 heterocycles. The number of amides is 1. The first-order valence-corrected chi connectivity index (χ1v) is 12.6. The van der Waals surface area contributed by atoms with Crippen molar-refractivity contribution >= 4 is 17.5 Å². The van der Waals surface area contributed by atoms with Gasteiger partial charge >= 0.3 is 0 Å². The van der Waals surface area contributed by atoms with Crippen LogP contribution in [0.4, 0.5) is 0 Å².